The number of nitrogens with zero attached hydrogens (tertiary/aromatic N) is 3. The third kappa shape index (κ3) is 4.49. The van der Waals surface area contributed by atoms with Crippen LogP contribution in [0.3, 0.4) is 0 Å². The Bertz CT molecular complexity index is 279. The van der Waals surface area contributed by atoms with E-state index in [-0.39, 0.29) is 0 Å². The Balaban J connectivity index is 2.70. The number of rotatable bonds is 9. The van der Waals surface area contributed by atoms with E-state index in [1.165, 1.54) is 49.9 Å². The lowest BCUT2D eigenvalue weighted by Crippen LogP contribution is -2.06. The first-order chi connectivity index (χ1) is 8.33. The number of aromatic nitrogens is 3. The summed E-state index contributed by atoms with van der Waals surface area (Å²) >= 11 is 0. The molecule has 0 saturated carbocycles. The second-order valence-corrected chi connectivity index (χ2v) is 4.77. The Labute approximate surface area is 106 Å². The highest BCUT2D eigenvalue weighted by Gasteiger charge is 2.11. The summed E-state index contributed by atoms with van der Waals surface area (Å²) in [5.74, 6) is 0. The second kappa shape index (κ2) is 8.26. The van der Waals surface area contributed by atoms with Crippen LogP contribution in [0, 0.1) is 0 Å². The highest BCUT2D eigenvalue weighted by atomic mass is 15.4. The first-order valence-electron chi connectivity index (χ1n) is 7.24. The van der Waals surface area contributed by atoms with Gasteiger partial charge in [-0.1, -0.05) is 45.2 Å². The predicted octanol–water partition coefficient (Wildman–Crippen LogP) is 3.76. The van der Waals surface area contributed by atoms with E-state index in [0.717, 1.165) is 19.4 Å². The molecular formula is C14H27N3. The van der Waals surface area contributed by atoms with E-state index in [1.807, 2.05) is 0 Å². The van der Waals surface area contributed by atoms with Crippen molar-refractivity contribution < 1.29 is 0 Å². The molecule has 1 aromatic heterocycles. The van der Waals surface area contributed by atoms with Gasteiger partial charge in [-0.2, -0.15) is 0 Å². The van der Waals surface area contributed by atoms with Crippen molar-refractivity contribution in [1.82, 2.24) is 15.0 Å². The van der Waals surface area contributed by atoms with Crippen LogP contribution in [0.25, 0.3) is 0 Å². The molecule has 0 bridgehead atoms. The lowest BCUT2D eigenvalue weighted by molar-refractivity contribution is 0.527. The van der Waals surface area contributed by atoms with Gasteiger partial charge < -0.3 is 0 Å². The molecule has 0 saturated heterocycles. The van der Waals surface area contributed by atoms with E-state index in [9.17, 15) is 0 Å². The minimum Gasteiger partial charge on any atom is -0.249 e. The van der Waals surface area contributed by atoms with E-state index < -0.39 is 0 Å². The van der Waals surface area contributed by atoms with E-state index >= 15 is 0 Å². The van der Waals surface area contributed by atoms with Crippen molar-refractivity contribution in [2.45, 2.75) is 78.7 Å². The van der Waals surface area contributed by atoms with Gasteiger partial charge in [-0.3, -0.25) is 0 Å². The minimum atomic E-state index is 1.04. The summed E-state index contributed by atoms with van der Waals surface area (Å²) in [5.41, 5.74) is 2.64. The maximum Gasteiger partial charge on any atom is 0.0859 e. The molecule has 0 atom stereocenters. The molecule has 1 aromatic rings. The largest absolute Gasteiger partial charge is 0.249 e. The summed E-state index contributed by atoms with van der Waals surface area (Å²) < 4.78 is 2.14. The molecular weight excluding hydrogens is 210 g/mol. The maximum absolute atomic E-state index is 4.37. The molecule has 0 spiro atoms. The number of hydrogen-bond acceptors (Lipinski definition) is 2. The molecule has 0 N–H and O–H groups in total. The molecule has 3 heteroatoms. The van der Waals surface area contributed by atoms with Gasteiger partial charge >= 0.3 is 0 Å². The highest BCUT2D eigenvalue weighted by Crippen LogP contribution is 2.13. The molecule has 0 fully saturated rings. The van der Waals surface area contributed by atoms with Crippen LogP contribution >= 0.6 is 0 Å². The van der Waals surface area contributed by atoms with Gasteiger partial charge in [-0.25, -0.2) is 4.68 Å². The van der Waals surface area contributed by atoms with Gasteiger partial charge in [0.25, 0.3) is 0 Å². The summed E-state index contributed by atoms with van der Waals surface area (Å²) in [6.07, 6.45) is 9.62. The Morgan fingerprint density at radius 1 is 0.882 bits per heavy atom. The molecule has 0 aromatic carbocycles. The van der Waals surface area contributed by atoms with Gasteiger partial charge in [0.05, 0.1) is 11.4 Å². The molecule has 0 amide bonds. The lowest BCUT2D eigenvalue weighted by Gasteiger charge is -2.07. The third-order valence-corrected chi connectivity index (χ3v) is 3.18. The highest BCUT2D eigenvalue weighted by molar-refractivity contribution is 5.10. The van der Waals surface area contributed by atoms with Crippen molar-refractivity contribution >= 4 is 0 Å². The molecule has 0 aliphatic rings. The van der Waals surface area contributed by atoms with E-state index in [2.05, 4.69) is 35.8 Å². The van der Waals surface area contributed by atoms with Gasteiger partial charge in [-0.05, 0) is 32.1 Å². The summed E-state index contributed by atoms with van der Waals surface area (Å²) in [7, 11) is 0. The number of hydrogen-bond donors (Lipinski definition) is 0. The molecule has 1 heterocycles. The summed E-state index contributed by atoms with van der Waals surface area (Å²) in [5, 5.41) is 8.70. The Morgan fingerprint density at radius 2 is 1.53 bits per heavy atom. The van der Waals surface area contributed by atoms with Crippen LogP contribution in [0.2, 0.25) is 0 Å². The van der Waals surface area contributed by atoms with E-state index in [1.54, 1.807) is 0 Å². The summed E-state index contributed by atoms with van der Waals surface area (Å²) in [6.45, 7) is 7.73. The monoisotopic (exact) mass is 237 g/mol. The predicted molar refractivity (Wildman–Crippen MR) is 72.2 cm³/mol. The molecule has 0 aliphatic carbocycles. The SMILES string of the molecule is CCCCc1nnn(CCCC)c1CCCC. The third-order valence-electron chi connectivity index (χ3n) is 3.18. The normalized spacial score (nSPS) is 11.0. The first-order valence-corrected chi connectivity index (χ1v) is 7.24. The first kappa shape index (κ1) is 14.2. The van der Waals surface area contributed by atoms with Gasteiger partial charge in [-0.15, -0.1) is 5.10 Å². The Kier molecular flexibility index (Phi) is 6.90. The second-order valence-electron chi connectivity index (χ2n) is 4.77. The fraction of sp³-hybridized carbons (Fsp3) is 0.857. The van der Waals surface area contributed by atoms with Crippen molar-refractivity contribution in [1.29, 1.82) is 0 Å². The quantitative estimate of drug-likeness (QED) is 0.654. The van der Waals surface area contributed by atoms with Crippen LogP contribution in [0.1, 0.15) is 70.7 Å². The zero-order chi connectivity index (χ0) is 12.5. The summed E-state index contributed by atoms with van der Waals surface area (Å²) in [6, 6.07) is 0. The van der Waals surface area contributed by atoms with Crippen molar-refractivity contribution in [2.24, 2.45) is 0 Å². The average Bonchev–Trinajstić information content (AvgIpc) is 2.73. The Morgan fingerprint density at radius 3 is 2.18 bits per heavy atom. The number of aryl methyl sites for hydroxylation is 2. The van der Waals surface area contributed by atoms with Crippen LogP contribution in [0.4, 0.5) is 0 Å². The van der Waals surface area contributed by atoms with Gasteiger partial charge in [0.15, 0.2) is 0 Å². The van der Waals surface area contributed by atoms with Crippen LogP contribution in [-0.2, 0) is 19.4 Å². The molecule has 0 aliphatic heterocycles. The van der Waals surface area contributed by atoms with Crippen molar-refractivity contribution in [3.8, 4) is 0 Å². The molecule has 0 radical (unpaired) electrons. The van der Waals surface area contributed by atoms with E-state index in [4.69, 9.17) is 0 Å². The zero-order valence-corrected chi connectivity index (χ0v) is 11.7. The smallest absolute Gasteiger partial charge is 0.0859 e. The van der Waals surface area contributed by atoms with Crippen LogP contribution in [-0.4, -0.2) is 15.0 Å². The Hall–Kier alpha value is -0.860. The zero-order valence-electron chi connectivity index (χ0n) is 11.7. The van der Waals surface area contributed by atoms with Crippen LogP contribution in [0.5, 0.6) is 0 Å². The lowest BCUT2D eigenvalue weighted by atomic mass is 10.1. The van der Waals surface area contributed by atoms with Crippen molar-refractivity contribution in [3.63, 3.8) is 0 Å². The van der Waals surface area contributed by atoms with Crippen LogP contribution in [0.15, 0.2) is 0 Å². The van der Waals surface area contributed by atoms with Gasteiger partial charge in [0.1, 0.15) is 0 Å². The molecule has 0 unspecified atom stereocenters. The molecule has 3 nitrogen and oxygen atoms in total. The summed E-state index contributed by atoms with van der Waals surface area (Å²) in [4.78, 5) is 0. The van der Waals surface area contributed by atoms with E-state index in [0.29, 0.717) is 0 Å². The molecule has 1 rings (SSSR count). The molecule has 17 heavy (non-hydrogen) atoms. The number of unbranched alkanes of at least 4 members (excludes halogenated alkanes) is 3. The van der Waals surface area contributed by atoms with Crippen LogP contribution < -0.4 is 0 Å². The standard InChI is InChI=1S/C14H27N3/c1-4-7-10-13-14(11-8-5-2)17(16-15-13)12-9-6-3/h4-12H2,1-3H3. The molecule has 98 valence electrons. The van der Waals surface area contributed by atoms with Gasteiger partial charge in [0.2, 0.25) is 0 Å². The van der Waals surface area contributed by atoms with Gasteiger partial charge in [0, 0.05) is 6.54 Å². The minimum absolute atomic E-state index is 1.04. The fourth-order valence-corrected chi connectivity index (χ4v) is 2.01. The fourth-order valence-electron chi connectivity index (χ4n) is 2.01. The van der Waals surface area contributed by atoms with Crippen molar-refractivity contribution in [2.75, 3.05) is 0 Å². The van der Waals surface area contributed by atoms with Crippen molar-refractivity contribution in [3.05, 3.63) is 11.4 Å². The average molecular weight is 237 g/mol. The maximum atomic E-state index is 4.37. The topological polar surface area (TPSA) is 30.7 Å².